The third-order valence-corrected chi connectivity index (χ3v) is 3.69. The lowest BCUT2D eigenvalue weighted by atomic mass is 10.1. The first-order chi connectivity index (χ1) is 11.1. The molecular formula is C16H22N2O5. The van der Waals surface area contributed by atoms with E-state index < -0.39 is 6.04 Å². The van der Waals surface area contributed by atoms with Crippen molar-refractivity contribution in [3.63, 3.8) is 0 Å². The van der Waals surface area contributed by atoms with Gasteiger partial charge in [0.1, 0.15) is 6.04 Å². The molecule has 1 aromatic carbocycles. The van der Waals surface area contributed by atoms with Gasteiger partial charge < -0.3 is 24.4 Å². The van der Waals surface area contributed by atoms with Crippen LogP contribution in [0.15, 0.2) is 18.2 Å². The molecule has 0 unspecified atom stereocenters. The van der Waals surface area contributed by atoms with Crippen LogP contribution in [-0.2, 0) is 9.53 Å². The maximum absolute atomic E-state index is 12.3. The van der Waals surface area contributed by atoms with Gasteiger partial charge in [-0.15, -0.1) is 0 Å². The van der Waals surface area contributed by atoms with E-state index in [4.69, 9.17) is 14.2 Å². The van der Waals surface area contributed by atoms with Crippen LogP contribution in [0.2, 0.25) is 0 Å². The van der Waals surface area contributed by atoms with E-state index >= 15 is 0 Å². The van der Waals surface area contributed by atoms with Crippen molar-refractivity contribution >= 4 is 11.8 Å². The lowest BCUT2D eigenvalue weighted by molar-refractivity contribution is -0.136. The Labute approximate surface area is 135 Å². The van der Waals surface area contributed by atoms with E-state index in [-0.39, 0.29) is 11.8 Å². The molecule has 0 saturated carbocycles. The van der Waals surface area contributed by atoms with E-state index in [2.05, 4.69) is 5.32 Å². The number of benzene rings is 1. The van der Waals surface area contributed by atoms with E-state index in [1.54, 1.807) is 30.0 Å². The summed E-state index contributed by atoms with van der Waals surface area (Å²) in [6.07, 6.45) is 0. The van der Waals surface area contributed by atoms with Crippen LogP contribution >= 0.6 is 0 Å². The van der Waals surface area contributed by atoms with E-state index in [1.165, 1.54) is 14.2 Å². The summed E-state index contributed by atoms with van der Waals surface area (Å²) >= 11 is 0. The van der Waals surface area contributed by atoms with Crippen LogP contribution in [0.1, 0.15) is 17.3 Å². The Morgan fingerprint density at radius 3 is 2.43 bits per heavy atom. The van der Waals surface area contributed by atoms with E-state index in [0.29, 0.717) is 43.4 Å². The average molecular weight is 322 g/mol. The normalized spacial score (nSPS) is 15.7. The van der Waals surface area contributed by atoms with Crippen molar-refractivity contribution in [1.82, 2.24) is 10.2 Å². The smallest absolute Gasteiger partial charge is 0.252 e. The fraction of sp³-hybridized carbons (Fsp3) is 0.500. The van der Waals surface area contributed by atoms with Gasteiger partial charge in [-0.3, -0.25) is 9.59 Å². The number of carbonyl (C=O) groups is 2. The molecule has 1 atom stereocenters. The van der Waals surface area contributed by atoms with Crippen molar-refractivity contribution in [2.75, 3.05) is 40.5 Å². The van der Waals surface area contributed by atoms with E-state index in [1.807, 2.05) is 0 Å². The Bertz CT molecular complexity index is 570. The third-order valence-electron chi connectivity index (χ3n) is 3.69. The van der Waals surface area contributed by atoms with Crippen molar-refractivity contribution in [3.05, 3.63) is 23.8 Å². The first kappa shape index (κ1) is 17.1. The molecule has 0 radical (unpaired) electrons. The SMILES string of the molecule is COc1ccc(C(=O)N[C@H](C)C(=O)N2CCOCC2)cc1OC. The highest BCUT2D eigenvalue weighted by molar-refractivity contribution is 5.98. The summed E-state index contributed by atoms with van der Waals surface area (Å²) in [5, 5.41) is 2.71. The summed E-state index contributed by atoms with van der Waals surface area (Å²) in [7, 11) is 3.03. The Kier molecular flexibility index (Phi) is 5.81. The lowest BCUT2D eigenvalue weighted by Crippen LogP contribution is -2.50. The van der Waals surface area contributed by atoms with Gasteiger partial charge in [0.25, 0.3) is 5.91 Å². The minimum absolute atomic E-state index is 0.109. The Hall–Kier alpha value is -2.28. The molecule has 7 heteroatoms. The largest absolute Gasteiger partial charge is 0.493 e. The maximum Gasteiger partial charge on any atom is 0.252 e. The molecule has 2 amide bonds. The van der Waals surface area contributed by atoms with Crippen molar-refractivity contribution < 1.29 is 23.8 Å². The number of nitrogens with one attached hydrogen (secondary N) is 1. The van der Waals surface area contributed by atoms with Gasteiger partial charge in [-0.25, -0.2) is 0 Å². The van der Waals surface area contributed by atoms with Crippen molar-refractivity contribution in [1.29, 1.82) is 0 Å². The number of hydrogen-bond acceptors (Lipinski definition) is 5. The highest BCUT2D eigenvalue weighted by atomic mass is 16.5. The second-order valence-electron chi connectivity index (χ2n) is 5.20. The van der Waals surface area contributed by atoms with Gasteiger partial charge in [0, 0.05) is 18.7 Å². The summed E-state index contributed by atoms with van der Waals surface area (Å²) in [6.45, 7) is 3.84. The average Bonchev–Trinajstić information content (AvgIpc) is 2.60. The molecule has 1 fully saturated rings. The predicted molar refractivity (Wildman–Crippen MR) is 83.9 cm³/mol. The molecule has 0 bridgehead atoms. The van der Waals surface area contributed by atoms with Gasteiger partial charge in [0.2, 0.25) is 5.91 Å². The highest BCUT2D eigenvalue weighted by Gasteiger charge is 2.24. The molecule has 126 valence electrons. The standard InChI is InChI=1S/C16H22N2O5/c1-11(16(20)18-6-8-23-9-7-18)17-15(19)12-4-5-13(21-2)14(10-12)22-3/h4-5,10-11H,6-9H2,1-3H3,(H,17,19)/t11-/m1/s1. The minimum Gasteiger partial charge on any atom is -0.493 e. The first-order valence-electron chi connectivity index (χ1n) is 7.46. The zero-order chi connectivity index (χ0) is 16.8. The number of hydrogen-bond donors (Lipinski definition) is 1. The molecule has 1 aromatic rings. The number of rotatable bonds is 5. The summed E-state index contributed by atoms with van der Waals surface area (Å²) in [6, 6.07) is 4.26. The number of amides is 2. The van der Waals surface area contributed by atoms with Crippen LogP contribution in [0.25, 0.3) is 0 Å². The van der Waals surface area contributed by atoms with Gasteiger partial charge in [0.15, 0.2) is 11.5 Å². The van der Waals surface area contributed by atoms with Crippen molar-refractivity contribution in [3.8, 4) is 11.5 Å². The number of nitrogens with zero attached hydrogens (tertiary/aromatic N) is 1. The Balaban J connectivity index is 2.01. The highest BCUT2D eigenvalue weighted by Crippen LogP contribution is 2.27. The summed E-state index contributed by atoms with van der Waals surface area (Å²) in [5.74, 6) is 0.566. The fourth-order valence-corrected chi connectivity index (χ4v) is 2.38. The molecule has 1 aliphatic heterocycles. The maximum atomic E-state index is 12.3. The molecule has 1 N–H and O–H groups in total. The first-order valence-corrected chi connectivity index (χ1v) is 7.46. The number of ether oxygens (including phenoxy) is 3. The predicted octanol–water partition coefficient (Wildman–Crippen LogP) is 0.681. The zero-order valence-corrected chi connectivity index (χ0v) is 13.6. The van der Waals surface area contributed by atoms with Gasteiger partial charge in [-0.2, -0.15) is 0 Å². The fourth-order valence-electron chi connectivity index (χ4n) is 2.38. The molecule has 23 heavy (non-hydrogen) atoms. The summed E-state index contributed by atoms with van der Waals surface area (Å²) < 4.78 is 15.5. The Morgan fingerprint density at radius 1 is 1.17 bits per heavy atom. The second kappa shape index (κ2) is 7.82. The van der Waals surface area contributed by atoms with Gasteiger partial charge in [-0.1, -0.05) is 0 Å². The van der Waals surface area contributed by atoms with Crippen LogP contribution < -0.4 is 14.8 Å². The van der Waals surface area contributed by atoms with Crippen LogP contribution in [0.3, 0.4) is 0 Å². The second-order valence-corrected chi connectivity index (χ2v) is 5.20. The van der Waals surface area contributed by atoms with Crippen molar-refractivity contribution in [2.24, 2.45) is 0 Å². The molecule has 2 rings (SSSR count). The van der Waals surface area contributed by atoms with Crippen molar-refractivity contribution in [2.45, 2.75) is 13.0 Å². The quantitative estimate of drug-likeness (QED) is 0.863. The molecule has 1 heterocycles. The monoisotopic (exact) mass is 322 g/mol. The topological polar surface area (TPSA) is 77.1 Å². The summed E-state index contributed by atoms with van der Waals surface area (Å²) in [5.41, 5.74) is 0.407. The number of methoxy groups -OCH3 is 2. The third kappa shape index (κ3) is 4.13. The molecule has 1 aliphatic rings. The molecule has 0 aromatic heterocycles. The number of morpholine rings is 1. The van der Waals surface area contributed by atoms with Gasteiger partial charge in [-0.05, 0) is 25.1 Å². The summed E-state index contributed by atoms with van der Waals surface area (Å²) in [4.78, 5) is 26.3. The molecule has 7 nitrogen and oxygen atoms in total. The number of carbonyl (C=O) groups excluding carboxylic acids is 2. The minimum atomic E-state index is -0.603. The van der Waals surface area contributed by atoms with Gasteiger partial charge >= 0.3 is 0 Å². The lowest BCUT2D eigenvalue weighted by Gasteiger charge is -2.29. The van der Waals surface area contributed by atoms with Crippen LogP contribution in [0.5, 0.6) is 11.5 Å². The molecular weight excluding hydrogens is 300 g/mol. The van der Waals surface area contributed by atoms with E-state index in [9.17, 15) is 9.59 Å². The molecule has 0 spiro atoms. The van der Waals surface area contributed by atoms with Gasteiger partial charge in [0.05, 0.1) is 27.4 Å². The van der Waals surface area contributed by atoms with E-state index in [0.717, 1.165) is 0 Å². The van der Waals surface area contributed by atoms with Crippen LogP contribution in [0.4, 0.5) is 0 Å². The zero-order valence-electron chi connectivity index (χ0n) is 13.6. The molecule has 1 saturated heterocycles. The Morgan fingerprint density at radius 2 is 1.83 bits per heavy atom. The molecule has 0 aliphatic carbocycles. The van der Waals surface area contributed by atoms with Crippen LogP contribution in [0, 0.1) is 0 Å². The van der Waals surface area contributed by atoms with Crippen LogP contribution in [-0.4, -0.2) is 63.3 Å².